The first-order valence-corrected chi connectivity index (χ1v) is 15.8. The van der Waals surface area contributed by atoms with Crippen LogP contribution in [0.5, 0.6) is 34.5 Å². The first-order chi connectivity index (χ1) is 23.9. The summed E-state index contributed by atoms with van der Waals surface area (Å²) in [6.45, 7) is 0. The summed E-state index contributed by atoms with van der Waals surface area (Å²) in [5.41, 5.74) is -3.90. The van der Waals surface area contributed by atoms with E-state index in [9.17, 15) is 26.0 Å². The fraction of sp³-hybridized carbons (Fsp3) is 0.0625. The highest BCUT2D eigenvalue weighted by atomic mass is 32.2. The zero-order chi connectivity index (χ0) is 37.5. The van der Waals surface area contributed by atoms with Crippen LogP contribution in [0.15, 0.2) is 89.8 Å². The second kappa shape index (κ2) is 14.0. The van der Waals surface area contributed by atoms with Gasteiger partial charge in [-0.3, -0.25) is 4.55 Å². The Hall–Kier alpha value is -5.01. The fourth-order valence-electron chi connectivity index (χ4n) is 4.21. The molecule has 0 saturated heterocycles. The number of thioether (sulfide) groups is 1. The third-order valence-electron chi connectivity index (χ3n) is 6.59. The molecule has 19 heteroatoms. The van der Waals surface area contributed by atoms with Crippen molar-refractivity contribution in [3.05, 3.63) is 126 Å². The lowest BCUT2D eigenvalue weighted by atomic mass is 10.00. The van der Waals surface area contributed by atoms with E-state index in [-0.39, 0.29) is 11.5 Å². The lowest BCUT2D eigenvalue weighted by Gasteiger charge is -2.23. The molecule has 0 aliphatic rings. The van der Waals surface area contributed by atoms with Gasteiger partial charge in [-0.1, -0.05) is 36.4 Å². The van der Waals surface area contributed by atoms with Gasteiger partial charge in [0.2, 0.25) is 34.8 Å². The van der Waals surface area contributed by atoms with Crippen LogP contribution >= 0.6 is 11.8 Å². The standard InChI is InChI=1S/C32H15F11O6S2/c33-21-19(22(34)25(37)29(24(21)36)48-15-7-3-1-4-8-15)20-23(35)26(38)30(49-16-9-5-2-6-10-16)27(39)28(20)47-17-11-13-18(14-12-17)50-31(40,41)32(42,43)51(44,45)46/h1-14H,(H,44,45,46). The summed E-state index contributed by atoms with van der Waals surface area (Å²) >= 11 is -1.06. The van der Waals surface area contributed by atoms with Gasteiger partial charge in [0, 0.05) is 4.90 Å². The SMILES string of the molecule is O=S(=O)(O)C(F)(F)C(F)(F)Sc1ccc(Oc2c(F)c(Oc3ccccc3)c(F)c(F)c2-c2c(F)c(F)c(Oc3ccccc3)c(F)c2F)cc1. The van der Waals surface area contributed by atoms with Gasteiger partial charge in [0.15, 0.2) is 23.2 Å². The summed E-state index contributed by atoms with van der Waals surface area (Å²) in [7, 11) is -6.60. The molecule has 6 nitrogen and oxygen atoms in total. The number of para-hydroxylation sites is 2. The smallest absolute Gasteiger partial charge is 0.442 e. The number of benzene rings is 5. The Labute approximate surface area is 283 Å². The van der Waals surface area contributed by atoms with Crippen molar-refractivity contribution in [3.63, 3.8) is 0 Å². The van der Waals surface area contributed by atoms with Crippen molar-refractivity contribution in [3.8, 4) is 45.6 Å². The molecule has 0 aliphatic carbocycles. The van der Waals surface area contributed by atoms with Crippen LogP contribution in [0.2, 0.25) is 0 Å². The van der Waals surface area contributed by atoms with E-state index in [1.807, 2.05) is 0 Å². The summed E-state index contributed by atoms with van der Waals surface area (Å²) < 4.78 is 209. The van der Waals surface area contributed by atoms with Gasteiger partial charge < -0.3 is 14.2 Å². The predicted octanol–water partition coefficient (Wildman–Crippen LogP) is 10.9. The minimum atomic E-state index is -6.60. The second-order valence-corrected chi connectivity index (χ2v) is 12.6. The number of hydrogen-bond donors (Lipinski definition) is 1. The van der Waals surface area contributed by atoms with E-state index in [0.29, 0.717) is 24.3 Å². The second-order valence-electron chi connectivity index (χ2n) is 9.95. The molecule has 0 aromatic heterocycles. The third-order valence-corrected chi connectivity index (χ3v) is 8.64. The van der Waals surface area contributed by atoms with Gasteiger partial charge in [0.05, 0.1) is 11.1 Å². The molecule has 0 bridgehead atoms. The molecule has 5 aromatic carbocycles. The van der Waals surface area contributed by atoms with Crippen LogP contribution in [0, 0.1) is 40.7 Å². The molecular weight excluding hydrogens is 753 g/mol. The Kier molecular flexibility index (Phi) is 10.2. The summed E-state index contributed by atoms with van der Waals surface area (Å²) in [5, 5.41) is -11.4. The zero-order valence-corrected chi connectivity index (χ0v) is 26.2. The lowest BCUT2D eigenvalue weighted by molar-refractivity contribution is -0.0946. The van der Waals surface area contributed by atoms with Crippen LogP contribution in [0.3, 0.4) is 0 Å². The molecule has 268 valence electrons. The van der Waals surface area contributed by atoms with Gasteiger partial charge in [-0.25, -0.2) is 13.2 Å². The molecule has 0 spiro atoms. The Bertz CT molecular complexity index is 2180. The highest BCUT2D eigenvalue weighted by Crippen LogP contribution is 2.51. The normalized spacial score (nSPS) is 12.2. The van der Waals surface area contributed by atoms with Crippen LogP contribution < -0.4 is 14.2 Å². The van der Waals surface area contributed by atoms with Crippen molar-refractivity contribution in [2.75, 3.05) is 0 Å². The summed E-state index contributed by atoms with van der Waals surface area (Å²) in [6, 6.07) is 15.1. The number of alkyl halides is 4. The molecule has 0 atom stereocenters. The molecule has 1 N–H and O–H groups in total. The quantitative estimate of drug-likeness (QED) is 0.0620. The van der Waals surface area contributed by atoms with Crippen LogP contribution in [0.1, 0.15) is 0 Å². The molecule has 0 saturated carbocycles. The Morgan fingerprint density at radius 2 is 0.863 bits per heavy atom. The minimum absolute atomic E-state index is 0.308. The first-order valence-electron chi connectivity index (χ1n) is 13.6. The van der Waals surface area contributed by atoms with Crippen LogP contribution in [0.4, 0.5) is 48.3 Å². The highest BCUT2D eigenvalue weighted by molar-refractivity contribution is 8.01. The molecule has 0 radical (unpaired) electrons. The minimum Gasteiger partial charge on any atom is -0.453 e. The third kappa shape index (κ3) is 7.13. The number of rotatable bonds is 11. The average molecular weight is 769 g/mol. The van der Waals surface area contributed by atoms with Gasteiger partial charge in [0.25, 0.3) is 0 Å². The maximum Gasteiger partial charge on any atom is 0.442 e. The fourth-order valence-corrected chi connectivity index (χ4v) is 5.64. The van der Waals surface area contributed by atoms with E-state index in [0.717, 1.165) is 24.3 Å². The van der Waals surface area contributed by atoms with Crippen LogP contribution in [-0.4, -0.2) is 23.5 Å². The Morgan fingerprint density at radius 3 is 1.29 bits per heavy atom. The predicted molar refractivity (Wildman–Crippen MR) is 158 cm³/mol. The topological polar surface area (TPSA) is 82.1 Å². The Morgan fingerprint density at radius 1 is 0.490 bits per heavy atom. The average Bonchev–Trinajstić information content (AvgIpc) is 3.09. The van der Waals surface area contributed by atoms with Crippen LogP contribution in [-0.2, 0) is 10.1 Å². The molecule has 51 heavy (non-hydrogen) atoms. The van der Waals surface area contributed by atoms with Crippen molar-refractivity contribution in [2.45, 2.75) is 15.4 Å². The van der Waals surface area contributed by atoms with Crippen LogP contribution in [0.25, 0.3) is 11.1 Å². The first kappa shape index (κ1) is 37.3. The lowest BCUT2D eigenvalue weighted by Crippen LogP contribution is -2.44. The molecule has 0 amide bonds. The van der Waals surface area contributed by atoms with Crippen molar-refractivity contribution < 1.29 is 75.5 Å². The number of halogens is 11. The van der Waals surface area contributed by atoms with E-state index < -0.39 is 112 Å². The molecule has 0 heterocycles. The molecule has 0 unspecified atom stereocenters. The van der Waals surface area contributed by atoms with E-state index in [1.54, 1.807) is 0 Å². The van der Waals surface area contributed by atoms with E-state index in [4.69, 9.17) is 18.8 Å². The largest absolute Gasteiger partial charge is 0.453 e. The zero-order valence-electron chi connectivity index (χ0n) is 24.5. The maximum absolute atomic E-state index is 16.0. The maximum atomic E-state index is 16.0. The van der Waals surface area contributed by atoms with Crippen molar-refractivity contribution in [1.82, 2.24) is 0 Å². The summed E-state index contributed by atoms with van der Waals surface area (Å²) in [6.07, 6.45) is 0. The monoisotopic (exact) mass is 768 g/mol. The summed E-state index contributed by atoms with van der Waals surface area (Å²) in [5.74, 6) is -22.3. The molecule has 5 rings (SSSR count). The van der Waals surface area contributed by atoms with Gasteiger partial charge in [-0.2, -0.15) is 43.5 Å². The van der Waals surface area contributed by atoms with Gasteiger partial charge in [-0.15, -0.1) is 0 Å². The van der Waals surface area contributed by atoms with Crippen molar-refractivity contribution >= 4 is 21.9 Å². The molecular formula is C32H15F11O6S2. The number of hydrogen-bond acceptors (Lipinski definition) is 6. The van der Waals surface area contributed by atoms with Gasteiger partial charge in [0.1, 0.15) is 17.2 Å². The van der Waals surface area contributed by atoms with Crippen molar-refractivity contribution in [1.29, 1.82) is 0 Å². The van der Waals surface area contributed by atoms with Crippen molar-refractivity contribution in [2.24, 2.45) is 0 Å². The summed E-state index contributed by atoms with van der Waals surface area (Å²) in [4.78, 5) is -0.829. The Balaban J connectivity index is 1.65. The molecule has 5 aromatic rings. The van der Waals surface area contributed by atoms with E-state index in [1.165, 1.54) is 36.4 Å². The number of ether oxygens (including phenoxy) is 3. The van der Waals surface area contributed by atoms with E-state index >= 15 is 30.7 Å². The highest BCUT2D eigenvalue weighted by Gasteiger charge is 2.66. The molecule has 0 fully saturated rings. The van der Waals surface area contributed by atoms with Gasteiger partial charge >= 0.3 is 20.6 Å². The van der Waals surface area contributed by atoms with E-state index in [2.05, 4.69) is 0 Å². The molecule has 0 aliphatic heterocycles. The van der Waals surface area contributed by atoms with Gasteiger partial charge in [-0.05, 0) is 60.3 Å².